The van der Waals surface area contributed by atoms with Gasteiger partial charge in [-0.2, -0.15) is 0 Å². The van der Waals surface area contributed by atoms with Crippen LogP contribution in [-0.2, 0) is 17.6 Å². The Kier molecular flexibility index (Phi) is 5.05. The number of amides is 2. The standard InChI is InChI=1S/C18H26N2O2S/c1-3-15(21)19-17-16(18(22)20-9-5-4-6-10-20)13-8-7-12(2)11-14(13)23-17/h12H,3-11H2,1-2H3,(H,19,21)/t12-/m1/s1. The van der Waals surface area contributed by atoms with E-state index in [2.05, 4.69) is 12.2 Å². The SMILES string of the molecule is CCC(=O)Nc1sc2c(c1C(=O)N1CCCCC1)CC[C@@H](C)C2. The van der Waals surface area contributed by atoms with Crippen LogP contribution in [0.15, 0.2) is 0 Å². The third-order valence-corrected chi connectivity index (χ3v) is 6.11. The van der Waals surface area contributed by atoms with Gasteiger partial charge < -0.3 is 10.2 Å². The molecule has 1 aliphatic carbocycles. The van der Waals surface area contributed by atoms with Gasteiger partial charge in [-0.1, -0.05) is 13.8 Å². The van der Waals surface area contributed by atoms with Crippen molar-refractivity contribution in [3.63, 3.8) is 0 Å². The van der Waals surface area contributed by atoms with Crippen molar-refractivity contribution >= 4 is 28.2 Å². The maximum Gasteiger partial charge on any atom is 0.257 e. The number of nitrogens with one attached hydrogen (secondary N) is 1. The Labute approximate surface area is 142 Å². The van der Waals surface area contributed by atoms with Crippen LogP contribution in [0.2, 0.25) is 0 Å². The van der Waals surface area contributed by atoms with E-state index >= 15 is 0 Å². The Hall–Kier alpha value is -1.36. The highest BCUT2D eigenvalue weighted by Gasteiger charge is 2.30. The fourth-order valence-electron chi connectivity index (χ4n) is 3.54. The lowest BCUT2D eigenvalue weighted by Crippen LogP contribution is -2.36. The molecule has 1 N–H and O–H groups in total. The summed E-state index contributed by atoms with van der Waals surface area (Å²) in [7, 11) is 0. The molecule has 1 aromatic rings. The molecule has 2 amide bonds. The zero-order chi connectivity index (χ0) is 16.4. The van der Waals surface area contributed by atoms with Crippen molar-refractivity contribution in [3.05, 3.63) is 16.0 Å². The summed E-state index contributed by atoms with van der Waals surface area (Å²) in [6.45, 7) is 5.80. The van der Waals surface area contributed by atoms with Crippen molar-refractivity contribution in [1.82, 2.24) is 4.90 Å². The summed E-state index contributed by atoms with van der Waals surface area (Å²) >= 11 is 1.62. The summed E-state index contributed by atoms with van der Waals surface area (Å²) in [5.41, 5.74) is 2.00. The van der Waals surface area contributed by atoms with Crippen molar-refractivity contribution in [2.45, 2.75) is 58.8 Å². The number of anilines is 1. The van der Waals surface area contributed by atoms with E-state index in [9.17, 15) is 9.59 Å². The largest absolute Gasteiger partial charge is 0.339 e. The Balaban J connectivity index is 1.95. The van der Waals surface area contributed by atoms with Gasteiger partial charge in [0.2, 0.25) is 5.91 Å². The minimum Gasteiger partial charge on any atom is -0.339 e. The molecule has 4 nitrogen and oxygen atoms in total. The third-order valence-electron chi connectivity index (χ3n) is 4.94. The normalized spacial score (nSPS) is 21.0. The van der Waals surface area contributed by atoms with E-state index in [1.54, 1.807) is 11.3 Å². The molecule has 1 aliphatic heterocycles. The Morgan fingerprint density at radius 1 is 1.26 bits per heavy atom. The summed E-state index contributed by atoms with van der Waals surface area (Å²) in [4.78, 5) is 28.2. The molecule has 0 aromatic carbocycles. The molecule has 2 heterocycles. The number of fused-ring (bicyclic) bond motifs is 1. The molecule has 3 rings (SSSR count). The van der Waals surface area contributed by atoms with Crippen molar-refractivity contribution < 1.29 is 9.59 Å². The molecule has 1 aromatic heterocycles. The predicted molar refractivity (Wildman–Crippen MR) is 94.2 cm³/mol. The average Bonchev–Trinajstić information content (AvgIpc) is 2.91. The monoisotopic (exact) mass is 334 g/mol. The number of hydrogen-bond donors (Lipinski definition) is 1. The lowest BCUT2D eigenvalue weighted by atomic mass is 9.88. The quantitative estimate of drug-likeness (QED) is 0.913. The first-order valence-electron chi connectivity index (χ1n) is 8.83. The fourth-order valence-corrected chi connectivity index (χ4v) is 4.95. The van der Waals surface area contributed by atoms with Crippen LogP contribution < -0.4 is 5.32 Å². The van der Waals surface area contributed by atoms with Crippen LogP contribution in [0.3, 0.4) is 0 Å². The number of nitrogens with zero attached hydrogens (tertiary/aromatic N) is 1. The molecule has 0 radical (unpaired) electrons. The number of thiophene rings is 1. The van der Waals surface area contributed by atoms with Gasteiger partial charge in [0.25, 0.3) is 5.91 Å². The van der Waals surface area contributed by atoms with Crippen LogP contribution in [0.4, 0.5) is 5.00 Å². The predicted octanol–water partition coefficient (Wildman–Crippen LogP) is 3.85. The minimum absolute atomic E-state index is 0.00987. The molecule has 1 fully saturated rings. The zero-order valence-corrected chi connectivity index (χ0v) is 14.9. The zero-order valence-electron chi connectivity index (χ0n) is 14.1. The number of piperidine rings is 1. The number of likely N-dealkylation sites (tertiary alicyclic amines) is 1. The molecule has 126 valence electrons. The second-order valence-corrected chi connectivity index (χ2v) is 7.92. The number of hydrogen-bond acceptors (Lipinski definition) is 3. The molecule has 5 heteroatoms. The summed E-state index contributed by atoms with van der Waals surface area (Å²) < 4.78 is 0. The summed E-state index contributed by atoms with van der Waals surface area (Å²) in [5, 5.41) is 3.77. The second-order valence-electron chi connectivity index (χ2n) is 6.81. The van der Waals surface area contributed by atoms with E-state index in [0.29, 0.717) is 12.3 Å². The van der Waals surface area contributed by atoms with Crippen LogP contribution in [-0.4, -0.2) is 29.8 Å². The molecule has 0 unspecified atom stereocenters. The molecular formula is C18H26N2O2S. The molecule has 2 aliphatic rings. The highest BCUT2D eigenvalue weighted by atomic mass is 32.1. The Morgan fingerprint density at radius 3 is 2.70 bits per heavy atom. The maximum absolute atomic E-state index is 13.1. The summed E-state index contributed by atoms with van der Waals surface area (Å²) in [6, 6.07) is 0. The van der Waals surface area contributed by atoms with Gasteiger partial charge in [0, 0.05) is 24.4 Å². The van der Waals surface area contributed by atoms with E-state index in [1.807, 2.05) is 11.8 Å². The first-order valence-corrected chi connectivity index (χ1v) is 9.65. The van der Waals surface area contributed by atoms with Crippen LogP contribution in [0, 0.1) is 5.92 Å². The first kappa shape index (κ1) is 16.5. The third kappa shape index (κ3) is 3.44. The van der Waals surface area contributed by atoms with Crippen molar-refractivity contribution in [1.29, 1.82) is 0 Å². The Bertz CT molecular complexity index is 602. The van der Waals surface area contributed by atoms with Gasteiger partial charge in [0.15, 0.2) is 0 Å². The van der Waals surface area contributed by atoms with E-state index in [4.69, 9.17) is 0 Å². The van der Waals surface area contributed by atoms with E-state index < -0.39 is 0 Å². The Morgan fingerprint density at radius 2 is 2.00 bits per heavy atom. The number of carbonyl (C=O) groups is 2. The maximum atomic E-state index is 13.1. The van der Waals surface area contributed by atoms with Crippen LogP contribution >= 0.6 is 11.3 Å². The summed E-state index contributed by atoms with van der Waals surface area (Å²) in [6.07, 6.45) is 6.95. The topological polar surface area (TPSA) is 49.4 Å². The van der Waals surface area contributed by atoms with Crippen molar-refractivity contribution in [2.24, 2.45) is 5.92 Å². The molecule has 0 bridgehead atoms. The van der Waals surface area contributed by atoms with Gasteiger partial charge in [-0.15, -0.1) is 11.3 Å². The smallest absolute Gasteiger partial charge is 0.257 e. The van der Waals surface area contributed by atoms with Gasteiger partial charge >= 0.3 is 0 Å². The van der Waals surface area contributed by atoms with Crippen LogP contribution in [0.5, 0.6) is 0 Å². The van der Waals surface area contributed by atoms with Gasteiger partial charge in [0.1, 0.15) is 5.00 Å². The van der Waals surface area contributed by atoms with E-state index in [0.717, 1.165) is 55.8 Å². The van der Waals surface area contributed by atoms with E-state index in [-0.39, 0.29) is 11.8 Å². The minimum atomic E-state index is -0.00987. The highest BCUT2D eigenvalue weighted by molar-refractivity contribution is 7.17. The molecule has 0 saturated carbocycles. The summed E-state index contributed by atoms with van der Waals surface area (Å²) in [5.74, 6) is 0.779. The molecule has 1 saturated heterocycles. The first-order chi connectivity index (χ1) is 11.1. The van der Waals surface area contributed by atoms with Gasteiger partial charge in [0.05, 0.1) is 5.56 Å². The number of rotatable bonds is 3. The molecule has 1 atom stereocenters. The average molecular weight is 334 g/mol. The van der Waals surface area contributed by atoms with Gasteiger partial charge in [-0.3, -0.25) is 9.59 Å². The van der Waals surface area contributed by atoms with Gasteiger partial charge in [-0.25, -0.2) is 0 Å². The van der Waals surface area contributed by atoms with Crippen LogP contribution in [0.1, 0.15) is 66.8 Å². The van der Waals surface area contributed by atoms with Crippen molar-refractivity contribution in [3.8, 4) is 0 Å². The van der Waals surface area contributed by atoms with Crippen LogP contribution in [0.25, 0.3) is 0 Å². The van der Waals surface area contributed by atoms with Crippen molar-refractivity contribution in [2.75, 3.05) is 18.4 Å². The second kappa shape index (κ2) is 7.04. The number of carbonyl (C=O) groups excluding carboxylic acids is 2. The molecule has 0 spiro atoms. The van der Waals surface area contributed by atoms with E-state index in [1.165, 1.54) is 16.9 Å². The lowest BCUT2D eigenvalue weighted by Gasteiger charge is -2.28. The highest BCUT2D eigenvalue weighted by Crippen LogP contribution is 2.40. The lowest BCUT2D eigenvalue weighted by molar-refractivity contribution is -0.115. The van der Waals surface area contributed by atoms with Gasteiger partial charge in [-0.05, 0) is 50.0 Å². The molecule has 23 heavy (non-hydrogen) atoms. The fraction of sp³-hybridized carbons (Fsp3) is 0.667. The molecular weight excluding hydrogens is 308 g/mol.